The Balaban J connectivity index is 1.82. The highest BCUT2D eigenvalue weighted by Crippen LogP contribution is 2.19. The molecule has 0 bridgehead atoms. The minimum Gasteiger partial charge on any atom is -0.464 e. The standard InChI is InChI=1S/C12H13ClN2O3/c13-8-3-1-2-4-9(8)14-7-11(16)15-10-5-6-18-12(10)17/h1-4,10,14H,5-7H2,(H,15,16)/t10-/m0/s1. The van der Waals surface area contributed by atoms with Crippen LogP contribution in [-0.2, 0) is 14.3 Å². The van der Waals surface area contributed by atoms with Crippen LogP contribution in [0.15, 0.2) is 24.3 Å². The van der Waals surface area contributed by atoms with E-state index in [4.69, 9.17) is 16.3 Å². The second-order valence-electron chi connectivity index (χ2n) is 3.91. The quantitative estimate of drug-likeness (QED) is 0.805. The molecule has 2 rings (SSSR count). The Hall–Kier alpha value is -1.75. The highest BCUT2D eigenvalue weighted by atomic mass is 35.5. The molecule has 0 aliphatic carbocycles. The van der Waals surface area contributed by atoms with Crippen LogP contribution in [0.25, 0.3) is 0 Å². The number of anilines is 1. The lowest BCUT2D eigenvalue weighted by atomic mass is 10.2. The van der Waals surface area contributed by atoms with Crippen molar-refractivity contribution < 1.29 is 14.3 Å². The van der Waals surface area contributed by atoms with Crippen LogP contribution in [0.5, 0.6) is 0 Å². The molecule has 1 saturated heterocycles. The molecule has 0 radical (unpaired) electrons. The molecule has 1 fully saturated rings. The maximum Gasteiger partial charge on any atom is 0.328 e. The minimum absolute atomic E-state index is 0.0630. The normalized spacial score (nSPS) is 18.3. The lowest BCUT2D eigenvalue weighted by Gasteiger charge is -2.11. The first kappa shape index (κ1) is 12.7. The van der Waals surface area contributed by atoms with E-state index in [2.05, 4.69) is 10.6 Å². The van der Waals surface area contributed by atoms with Gasteiger partial charge in [-0.05, 0) is 12.1 Å². The average molecular weight is 269 g/mol. The van der Waals surface area contributed by atoms with E-state index in [1.54, 1.807) is 12.1 Å². The molecule has 6 heteroatoms. The highest BCUT2D eigenvalue weighted by molar-refractivity contribution is 6.33. The molecule has 96 valence electrons. The Kier molecular flexibility index (Phi) is 4.04. The Morgan fingerprint density at radius 1 is 1.44 bits per heavy atom. The van der Waals surface area contributed by atoms with Crippen molar-refractivity contribution in [1.29, 1.82) is 0 Å². The first-order valence-electron chi connectivity index (χ1n) is 5.61. The molecule has 18 heavy (non-hydrogen) atoms. The van der Waals surface area contributed by atoms with Gasteiger partial charge in [0.1, 0.15) is 6.04 Å². The number of benzene rings is 1. The van der Waals surface area contributed by atoms with Crippen LogP contribution in [0.3, 0.4) is 0 Å². The van der Waals surface area contributed by atoms with Crippen LogP contribution < -0.4 is 10.6 Å². The van der Waals surface area contributed by atoms with Crippen molar-refractivity contribution in [2.45, 2.75) is 12.5 Å². The third-order valence-electron chi connectivity index (χ3n) is 2.58. The minimum atomic E-state index is -0.523. The Labute approximate surface area is 109 Å². The van der Waals surface area contributed by atoms with Crippen LogP contribution in [0, 0.1) is 0 Å². The summed E-state index contributed by atoms with van der Waals surface area (Å²) in [5.74, 6) is -0.639. The second-order valence-corrected chi connectivity index (χ2v) is 4.32. The third kappa shape index (κ3) is 3.13. The molecule has 0 unspecified atom stereocenters. The summed E-state index contributed by atoms with van der Waals surface area (Å²) < 4.78 is 4.75. The Morgan fingerprint density at radius 3 is 2.89 bits per heavy atom. The largest absolute Gasteiger partial charge is 0.464 e. The van der Waals surface area contributed by atoms with Crippen LogP contribution in [0.1, 0.15) is 6.42 Å². The summed E-state index contributed by atoms with van der Waals surface area (Å²) in [5, 5.41) is 6.05. The smallest absolute Gasteiger partial charge is 0.328 e. The molecule has 1 atom stereocenters. The van der Waals surface area contributed by atoms with Crippen molar-refractivity contribution in [3.63, 3.8) is 0 Å². The fraction of sp³-hybridized carbons (Fsp3) is 0.333. The summed E-state index contributed by atoms with van der Waals surface area (Å²) in [5.41, 5.74) is 0.684. The van der Waals surface area contributed by atoms with Crippen LogP contribution in [0.4, 0.5) is 5.69 Å². The van der Waals surface area contributed by atoms with Crippen molar-refractivity contribution >= 4 is 29.2 Å². The van der Waals surface area contributed by atoms with E-state index in [-0.39, 0.29) is 18.4 Å². The fourth-order valence-electron chi connectivity index (χ4n) is 1.65. The number of hydrogen-bond donors (Lipinski definition) is 2. The van der Waals surface area contributed by atoms with Gasteiger partial charge in [-0.1, -0.05) is 23.7 Å². The van der Waals surface area contributed by atoms with Gasteiger partial charge in [0.05, 0.1) is 23.9 Å². The summed E-state index contributed by atoms with van der Waals surface area (Å²) in [6, 6.07) is 6.61. The number of para-hydroxylation sites is 1. The van der Waals surface area contributed by atoms with Gasteiger partial charge in [0.15, 0.2) is 0 Å². The second kappa shape index (κ2) is 5.73. The molecule has 1 heterocycles. The number of carbonyl (C=O) groups excluding carboxylic acids is 2. The fourth-order valence-corrected chi connectivity index (χ4v) is 1.85. The highest BCUT2D eigenvalue weighted by Gasteiger charge is 2.27. The number of rotatable bonds is 4. The average Bonchev–Trinajstić information content (AvgIpc) is 2.74. The molecule has 2 N–H and O–H groups in total. The van der Waals surface area contributed by atoms with Gasteiger partial charge in [-0.3, -0.25) is 4.79 Å². The van der Waals surface area contributed by atoms with Crippen molar-refractivity contribution in [3.8, 4) is 0 Å². The molecule has 1 aliphatic rings. The van der Waals surface area contributed by atoms with Crippen LogP contribution >= 0.6 is 11.6 Å². The van der Waals surface area contributed by atoms with Gasteiger partial charge in [0.2, 0.25) is 5.91 Å². The number of amides is 1. The zero-order valence-electron chi connectivity index (χ0n) is 9.61. The van der Waals surface area contributed by atoms with Gasteiger partial charge in [0.25, 0.3) is 0 Å². The van der Waals surface area contributed by atoms with Crippen LogP contribution in [0.2, 0.25) is 5.02 Å². The number of ether oxygens (including phenoxy) is 1. The number of carbonyl (C=O) groups is 2. The topological polar surface area (TPSA) is 67.4 Å². The van der Waals surface area contributed by atoms with Gasteiger partial charge in [-0.25, -0.2) is 4.79 Å². The van der Waals surface area contributed by atoms with Gasteiger partial charge in [-0.15, -0.1) is 0 Å². The molecule has 0 aromatic heterocycles. The lowest BCUT2D eigenvalue weighted by molar-refractivity contribution is -0.141. The van der Waals surface area contributed by atoms with Crippen LogP contribution in [-0.4, -0.2) is 31.1 Å². The third-order valence-corrected chi connectivity index (χ3v) is 2.91. The van der Waals surface area contributed by atoms with Gasteiger partial charge >= 0.3 is 5.97 Å². The maximum absolute atomic E-state index is 11.6. The molecular formula is C12H13ClN2O3. The zero-order valence-corrected chi connectivity index (χ0v) is 10.4. The molecule has 1 aromatic rings. The molecular weight excluding hydrogens is 256 g/mol. The van der Waals surface area contributed by atoms with Crippen molar-refractivity contribution in [3.05, 3.63) is 29.3 Å². The van der Waals surface area contributed by atoms with Gasteiger partial charge < -0.3 is 15.4 Å². The van der Waals surface area contributed by atoms with E-state index in [0.29, 0.717) is 23.7 Å². The van der Waals surface area contributed by atoms with Gasteiger partial charge in [-0.2, -0.15) is 0 Å². The SMILES string of the molecule is O=C(CNc1ccccc1Cl)N[C@H]1CCOC1=O. The predicted octanol–water partition coefficient (Wildman–Crippen LogP) is 1.18. The van der Waals surface area contributed by atoms with Crippen molar-refractivity contribution in [1.82, 2.24) is 5.32 Å². The summed E-state index contributed by atoms with van der Waals surface area (Å²) in [6.45, 7) is 0.426. The van der Waals surface area contributed by atoms with E-state index in [0.717, 1.165) is 0 Å². The molecule has 5 nitrogen and oxygen atoms in total. The number of cyclic esters (lactones) is 1. The van der Waals surface area contributed by atoms with Gasteiger partial charge in [0, 0.05) is 6.42 Å². The van der Waals surface area contributed by atoms with E-state index in [1.807, 2.05) is 12.1 Å². The van der Waals surface area contributed by atoms with E-state index >= 15 is 0 Å². The van der Waals surface area contributed by atoms with E-state index < -0.39 is 6.04 Å². The Morgan fingerprint density at radius 2 is 2.22 bits per heavy atom. The van der Waals surface area contributed by atoms with E-state index in [9.17, 15) is 9.59 Å². The van der Waals surface area contributed by atoms with Crippen molar-refractivity contribution in [2.24, 2.45) is 0 Å². The van der Waals surface area contributed by atoms with Crippen molar-refractivity contribution in [2.75, 3.05) is 18.5 Å². The molecule has 0 spiro atoms. The monoisotopic (exact) mass is 268 g/mol. The molecule has 0 saturated carbocycles. The zero-order chi connectivity index (χ0) is 13.0. The molecule has 1 amide bonds. The first-order valence-corrected chi connectivity index (χ1v) is 5.99. The first-order chi connectivity index (χ1) is 8.66. The molecule has 1 aromatic carbocycles. The summed E-state index contributed by atoms with van der Waals surface area (Å²) in [6.07, 6.45) is 0.524. The number of esters is 1. The Bertz CT molecular complexity index is 464. The predicted molar refractivity (Wildman–Crippen MR) is 67.4 cm³/mol. The maximum atomic E-state index is 11.6. The summed E-state index contributed by atoms with van der Waals surface area (Å²) >= 11 is 5.93. The number of halogens is 1. The number of hydrogen-bond acceptors (Lipinski definition) is 4. The summed E-state index contributed by atoms with van der Waals surface area (Å²) in [7, 11) is 0. The van der Waals surface area contributed by atoms with E-state index in [1.165, 1.54) is 0 Å². The molecule has 1 aliphatic heterocycles. The number of nitrogens with one attached hydrogen (secondary N) is 2. The lowest BCUT2D eigenvalue weighted by Crippen LogP contribution is -2.40. The summed E-state index contributed by atoms with van der Waals surface area (Å²) in [4.78, 5) is 22.8.